The van der Waals surface area contributed by atoms with Crippen LogP contribution >= 0.6 is 11.8 Å². The molecule has 0 amide bonds. The highest BCUT2D eigenvalue weighted by molar-refractivity contribution is 7.98. The molecule has 0 unspecified atom stereocenters. The Morgan fingerprint density at radius 3 is 2.08 bits per heavy atom. The van der Waals surface area contributed by atoms with Crippen LogP contribution in [-0.2, 0) is 19.7 Å². The number of nitrogens with zero attached hydrogens (tertiary/aromatic N) is 3. The molecule has 0 saturated heterocycles. The minimum Gasteiger partial charge on any atom is -0.493 e. The number of nitrogens with one attached hydrogen (secondary N) is 2. The van der Waals surface area contributed by atoms with E-state index in [1.54, 1.807) is 18.4 Å². The predicted octanol–water partition coefficient (Wildman–Crippen LogP) is 4.35. The Kier molecular flexibility index (Phi) is 9.54. The molecule has 0 spiro atoms. The van der Waals surface area contributed by atoms with Gasteiger partial charge in [-0.3, -0.25) is 0 Å². The number of hydrogen-bond acceptors (Lipinski definition) is 12. The summed E-state index contributed by atoms with van der Waals surface area (Å²) in [5, 5.41) is 6.06. The van der Waals surface area contributed by atoms with Gasteiger partial charge in [0.25, 0.3) is 10.0 Å². The first-order chi connectivity index (χ1) is 18.8. The van der Waals surface area contributed by atoms with Crippen molar-refractivity contribution in [2.45, 2.75) is 16.0 Å². The van der Waals surface area contributed by atoms with Crippen molar-refractivity contribution in [2.75, 3.05) is 45.3 Å². The van der Waals surface area contributed by atoms with E-state index in [1.807, 2.05) is 0 Å². The number of hydroxylamine groups is 1. The topological polar surface area (TPSA) is 141 Å². The van der Waals surface area contributed by atoms with E-state index in [2.05, 4.69) is 25.4 Å². The molecule has 1 aromatic heterocycles. The Balaban J connectivity index is 1.89. The van der Waals surface area contributed by atoms with Crippen molar-refractivity contribution in [3.8, 4) is 17.2 Å². The van der Waals surface area contributed by atoms with Crippen molar-refractivity contribution in [3.05, 3.63) is 42.7 Å². The van der Waals surface area contributed by atoms with Gasteiger partial charge in [0, 0.05) is 35.8 Å². The van der Waals surface area contributed by atoms with Crippen LogP contribution < -0.4 is 24.8 Å². The number of aromatic nitrogens is 2. The first-order valence-electron chi connectivity index (χ1n) is 11.0. The molecule has 12 nitrogen and oxygen atoms in total. The summed E-state index contributed by atoms with van der Waals surface area (Å²) in [6, 6.07) is 8.65. The van der Waals surface area contributed by atoms with Crippen molar-refractivity contribution < 1.29 is 45.4 Å². The second kappa shape index (κ2) is 12.5. The number of anilines is 4. The standard InChI is InChI=1S/C23H24F3N5O7S2/c1-31(38-22(32)23(24,25)26)40(33,34)14-6-7-18(39-5)15(10-14)30-20-11-19(27-12-28-20)29-13-8-16(35-2)21(37-4)17(9-13)36-3/h6-12H,1-5H3,(H2,27,28,29,30). The Hall–Kier alpha value is -3.96. The third-order valence-electron chi connectivity index (χ3n) is 5.12. The summed E-state index contributed by atoms with van der Waals surface area (Å²) in [5.74, 6) is -0.855. The van der Waals surface area contributed by atoms with Gasteiger partial charge in [0.05, 0.1) is 31.9 Å². The van der Waals surface area contributed by atoms with E-state index in [0.717, 1.165) is 0 Å². The third kappa shape index (κ3) is 6.97. The van der Waals surface area contributed by atoms with Gasteiger partial charge in [-0.15, -0.1) is 11.8 Å². The van der Waals surface area contributed by atoms with Crippen LogP contribution in [0.15, 0.2) is 52.5 Å². The van der Waals surface area contributed by atoms with Gasteiger partial charge < -0.3 is 29.7 Å². The molecule has 0 saturated carbocycles. The molecule has 0 aliphatic heterocycles. The molecule has 0 fully saturated rings. The summed E-state index contributed by atoms with van der Waals surface area (Å²) in [4.78, 5) is 23.6. The smallest absolute Gasteiger partial charge is 0.492 e. The van der Waals surface area contributed by atoms with Gasteiger partial charge in [-0.2, -0.15) is 13.2 Å². The van der Waals surface area contributed by atoms with Crippen molar-refractivity contribution in [1.82, 2.24) is 14.4 Å². The predicted molar refractivity (Wildman–Crippen MR) is 140 cm³/mol. The monoisotopic (exact) mass is 603 g/mol. The number of alkyl halides is 3. The molecule has 17 heteroatoms. The number of carbonyl (C=O) groups is 1. The molecule has 3 aromatic rings. The van der Waals surface area contributed by atoms with Crippen LogP contribution in [0.5, 0.6) is 17.2 Å². The number of methoxy groups -OCH3 is 3. The van der Waals surface area contributed by atoms with Gasteiger partial charge in [0.2, 0.25) is 5.75 Å². The summed E-state index contributed by atoms with van der Waals surface area (Å²) >= 11 is 1.27. The molecule has 0 radical (unpaired) electrons. The first-order valence-corrected chi connectivity index (χ1v) is 13.6. The zero-order valence-corrected chi connectivity index (χ0v) is 23.3. The zero-order valence-electron chi connectivity index (χ0n) is 21.7. The van der Waals surface area contributed by atoms with Crippen LogP contribution in [0, 0.1) is 0 Å². The fourth-order valence-electron chi connectivity index (χ4n) is 3.24. The van der Waals surface area contributed by atoms with E-state index in [1.165, 1.54) is 63.7 Å². The third-order valence-corrected chi connectivity index (χ3v) is 7.51. The van der Waals surface area contributed by atoms with Gasteiger partial charge in [-0.25, -0.2) is 23.2 Å². The Morgan fingerprint density at radius 1 is 0.950 bits per heavy atom. The molecular weight excluding hydrogens is 579 g/mol. The van der Waals surface area contributed by atoms with Gasteiger partial charge in [0.15, 0.2) is 11.5 Å². The van der Waals surface area contributed by atoms with E-state index in [9.17, 15) is 26.4 Å². The fraction of sp³-hybridized carbons (Fsp3) is 0.261. The summed E-state index contributed by atoms with van der Waals surface area (Å²) in [7, 11) is 0.470. The SMILES string of the molecule is COc1cc(Nc2cc(Nc3cc(S(=O)(=O)N(C)OC(=O)C(F)(F)F)ccc3SC)ncn2)cc(OC)c1OC. The highest BCUT2D eigenvalue weighted by Crippen LogP contribution is 2.40. The summed E-state index contributed by atoms with van der Waals surface area (Å²) in [5.41, 5.74) is 0.815. The number of rotatable bonds is 11. The second-order valence-electron chi connectivity index (χ2n) is 7.61. The highest BCUT2D eigenvalue weighted by atomic mass is 32.2. The lowest BCUT2D eigenvalue weighted by atomic mass is 10.2. The van der Waals surface area contributed by atoms with Gasteiger partial charge in [-0.05, 0) is 28.9 Å². The number of hydrogen-bond donors (Lipinski definition) is 2. The van der Waals surface area contributed by atoms with Crippen LogP contribution in [0.4, 0.5) is 36.2 Å². The lowest BCUT2D eigenvalue weighted by Gasteiger charge is -2.18. The first kappa shape index (κ1) is 30.6. The molecule has 2 aromatic carbocycles. The van der Waals surface area contributed by atoms with E-state index in [0.29, 0.717) is 40.7 Å². The van der Waals surface area contributed by atoms with Crippen LogP contribution in [0.1, 0.15) is 0 Å². The molecule has 2 N–H and O–H groups in total. The molecule has 216 valence electrons. The maximum absolute atomic E-state index is 12.8. The van der Waals surface area contributed by atoms with E-state index < -0.39 is 27.1 Å². The summed E-state index contributed by atoms with van der Waals surface area (Å²) in [6.07, 6.45) is -2.38. The average molecular weight is 604 g/mol. The van der Waals surface area contributed by atoms with Crippen LogP contribution in [0.2, 0.25) is 0 Å². The lowest BCUT2D eigenvalue weighted by Crippen LogP contribution is -2.36. The minimum atomic E-state index is -5.37. The Bertz CT molecular complexity index is 1460. The molecule has 0 aliphatic rings. The number of halogens is 3. The van der Waals surface area contributed by atoms with Gasteiger partial charge in [-0.1, -0.05) is 0 Å². The number of ether oxygens (including phenoxy) is 3. The maximum atomic E-state index is 12.8. The normalized spacial score (nSPS) is 11.6. The molecule has 0 bridgehead atoms. The van der Waals surface area contributed by atoms with Crippen LogP contribution in [-0.4, -0.2) is 69.6 Å². The zero-order chi connectivity index (χ0) is 29.7. The molecule has 3 rings (SSSR count). The molecule has 40 heavy (non-hydrogen) atoms. The van der Waals surface area contributed by atoms with Crippen LogP contribution in [0.3, 0.4) is 0 Å². The van der Waals surface area contributed by atoms with Crippen molar-refractivity contribution in [2.24, 2.45) is 0 Å². The quantitative estimate of drug-likeness (QED) is 0.238. The number of benzene rings is 2. The highest BCUT2D eigenvalue weighted by Gasteiger charge is 2.43. The molecule has 1 heterocycles. The second-order valence-corrected chi connectivity index (χ2v) is 10.4. The number of thioether (sulfide) groups is 1. The maximum Gasteiger partial charge on any atom is 0.492 e. The fourth-order valence-corrected chi connectivity index (χ4v) is 4.75. The Labute approximate surface area is 231 Å². The van der Waals surface area contributed by atoms with E-state index in [4.69, 9.17) is 14.2 Å². The van der Waals surface area contributed by atoms with E-state index in [-0.39, 0.29) is 16.0 Å². The van der Waals surface area contributed by atoms with Crippen molar-refractivity contribution in [1.29, 1.82) is 0 Å². The lowest BCUT2D eigenvalue weighted by molar-refractivity contribution is -0.219. The van der Waals surface area contributed by atoms with Crippen molar-refractivity contribution >= 4 is 50.8 Å². The summed E-state index contributed by atoms with van der Waals surface area (Å²) < 4.78 is 79.1. The van der Waals surface area contributed by atoms with Gasteiger partial charge in [0.1, 0.15) is 18.0 Å². The molecule has 0 atom stereocenters. The molecular formula is C23H24F3N5O7S2. The van der Waals surface area contributed by atoms with Crippen molar-refractivity contribution in [3.63, 3.8) is 0 Å². The average Bonchev–Trinajstić information content (AvgIpc) is 2.91. The number of carbonyl (C=O) groups excluding carboxylic acids is 1. The molecule has 0 aliphatic carbocycles. The Morgan fingerprint density at radius 2 is 1.55 bits per heavy atom. The minimum absolute atomic E-state index is 0.148. The summed E-state index contributed by atoms with van der Waals surface area (Å²) in [6.45, 7) is 0. The number of sulfonamides is 1. The van der Waals surface area contributed by atoms with E-state index >= 15 is 0 Å². The van der Waals surface area contributed by atoms with Crippen LogP contribution in [0.25, 0.3) is 0 Å². The largest absolute Gasteiger partial charge is 0.493 e. The van der Waals surface area contributed by atoms with Gasteiger partial charge >= 0.3 is 12.1 Å².